The van der Waals surface area contributed by atoms with Crippen molar-refractivity contribution >= 4 is 5.78 Å². The first-order valence-electron chi connectivity index (χ1n) is 14.7. The largest absolute Gasteiger partial charge is 0.299 e. The van der Waals surface area contributed by atoms with Crippen molar-refractivity contribution in [3.8, 4) is 0 Å². The fraction of sp³-hybridized carbons (Fsp3) is 0.457. The summed E-state index contributed by atoms with van der Waals surface area (Å²) in [6.45, 7) is 10.9. The van der Waals surface area contributed by atoms with E-state index in [-0.39, 0.29) is 0 Å². The van der Waals surface area contributed by atoms with E-state index in [1.165, 1.54) is 65.7 Å². The number of fused-ring (bicyclic) bond motifs is 1. The zero-order chi connectivity index (χ0) is 26.3. The number of likely N-dealkylation sites (tertiary alicyclic amines) is 1. The van der Waals surface area contributed by atoms with Crippen LogP contribution < -0.4 is 0 Å². The lowest BCUT2D eigenvalue weighted by Crippen LogP contribution is -2.33. The average Bonchev–Trinajstić information content (AvgIpc) is 3.13. The van der Waals surface area contributed by atoms with Crippen molar-refractivity contribution in [3.05, 3.63) is 106 Å². The second-order valence-corrected chi connectivity index (χ2v) is 11.7. The number of rotatable bonds is 9. The highest BCUT2D eigenvalue weighted by atomic mass is 16.1. The van der Waals surface area contributed by atoms with Crippen molar-refractivity contribution in [1.29, 1.82) is 0 Å². The summed E-state index contributed by atoms with van der Waals surface area (Å²) in [4.78, 5) is 18.2. The predicted molar refractivity (Wildman–Crippen MR) is 158 cm³/mol. The summed E-state index contributed by atoms with van der Waals surface area (Å²) in [6.07, 6.45) is 7.50. The van der Waals surface area contributed by atoms with Crippen LogP contribution in [-0.4, -0.2) is 41.8 Å². The Hall–Kier alpha value is -2.75. The smallest absolute Gasteiger partial charge is 0.162 e. The van der Waals surface area contributed by atoms with Gasteiger partial charge in [0.05, 0.1) is 0 Å². The van der Waals surface area contributed by atoms with E-state index in [2.05, 4.69) is 90.4 Å². The van der Waals surface area contributed by atoms with Crippen LogP contribution >= 0.6 is 0 Å². The fourth-order valence-corrected chi connectivity index (χ4v) is 6.33. The topological polar surface area (TPSA) is 23.6 Å². The molecule has 2 aliphatic rings. The summed E-state index contributed by atoms with van der Waals surface area (Å²) in [5.41, 5.74) is 9.28. The number of carbonyl (C=O) groups excluding carboxylic acids is 1. The van der Waals surface area contributed by atoms with Crippen LogP contribution in [0.3, 0.4) is 0 Å². The van der Waals surface area contributed by atoms with Crippen molar-refractivity contribution in [2.45, 2.75) is 71.9 Å². The summed E-state index contributed by atoms with van der Waals surface area (Å²) in [6, 6.07) is 24.1. The zero-order valence-corrected chi connectivity index (χ0v) is 23.4. The normalized spacial score (nSPS) is 17.2. The SMILES string of the molecule is Cc1cccc(CN2CCC(CCCC(=O)c3ccc4c(c3)CCN(Cc3ccccc3C)CC4)CC2)c1. The van der Waals surface area contributed by atoms with Gasteiger partial charge in [-0.2, -0.15) is 0 Å². The van der Waals surface area contributed by atoms with Crippen molar-refractivity contribution in [2.75, 3.05) is 26.2 Å². The average molecular weight is 509 g/mol. The summed E-state index contributed by atoms with van der Waals surface area (Å²) in [5.74, 6) is 1.09. The minimum atomic E-state index is 0.325. The van der Waals surface area contributed by atoms with E-state index in [4.69, 9.17) is 0 Å². The number of carbonyl (C=O) groups is 1. The molecule has 0 radical (unpaired) electrons. The molecule has 0 amide bonds. The van der Waals surface area contributed by atoms with E-state index in [9.17, 15) is 4.79 Å². The van der Waals surface area contributed by atoms with Gasteiger partial charge in [0.1, 0.15) is 0 Å². The first-order valence-corrected chi connectivity index (χ1v) is 14.7. The first-order chi connectivity index (χ1) is 18.5. The molecule has 0 bridgehead atoms. The lowest BCUT2D eigenvalue weighted by molar-refractivity contribution is 0.0974. The number of nitrogens with zero attached hydrogens (tertiary/aromatic N) is 2. The lowest BCUT2D eigenvalue weighted by Gasteiger charge is -2.32. The Bertz CT molecular complexity index is 1220. The van der Waals surface area contributed by atoms with Crippen LogP contribution in [0.25, 0.3) is 0 Å². The van der Waals surface area contributed by atoms with Gasteiger partial charge >= 0.3 is 0 Å². The van der Waals surface area contributed by atoms with Gasteiger partial charge in [0.15, 0.2) is 5.78 Å². The Morgan fingerprint density at radius 3 is 2.34 bits per heavy atom. The molecule has 3 aromatic rings. The van der Waals surface area contributed by atoms with Gasteiger partial charge in [-0.15, -0.1) is 0 Å². The molecular weight excluding hydrogens is 464 g/mol. The summed E-state index contributed by atoms with van der Waals surface area (Å²) in [7, 11) is 0. The van der Waals surface area contributed by atoms with Crippen LogP contribution in [0.5, 0.6) is 0 Å². The van der Waals surface area contributed by atoms with Gasteiger partial charge in [-0.1, -0.05) is 66.2 Å². The van der Waals surface area contributed by atoms with Crippen molar-refractivity contribution in [3.63, 3.8) is 0 Å². The molecule has 5 rings (SSSR count). The van der Waals surface area contributed by atoms with Crippen LogP contribution in [0.15, 0.2) is 66.7 Å². The number of aryl methyl sites for hydroxylation is 2. The van der Waals surface area contributed by atoms with Gasteiger partial charge in [-0.05, 0) is 105 Å². The Kier molecular flexibility index (Phi) is 9.09. The van der Waals surface area contributed by atoms with Gasteiger partial charge < -0.3 is 0 Å². The maximum absolute atomic E-state index is 13.1. The number of benzene rings is 3. The highest BCUT2D eigenvalue weighted by molar-refractivity contribution is 5.96. The minimum absolute atomic E-state index is 0.325. The minimum Gasteiger partial charge on any atom is -0.299 e. The van der Waals surface area contributed by atoms with Crippen molar-refractivity contribution in [2.24, 2.45) is 5.92 Å². The summed E-state index contributed by atoms with van der Waals surface area (Å²) < 4.78 is 0. The molecule has 0 saturated carbocycles. The van der Waals surface area contributed by atoms with Gasteiger partial charge in [-0.25, -0.2) is 0 Å². The number of hydrogen-bond acceptors (Lipinski definition) is 3. The number of ketones is 1. The molecule has 0 atom stereocenters. The van der Waals surface area contributed by atoms with E-state index in [0.717, 1.165) is 56.9 Å². The third-order valence-electron chi connectivity index (χ3n) is 8.79. The van der Waals surface area contributed by atoms with Crippen LogP contribution in [0.4, 0.5) is 0 Å². The molecule has 2 aliphatic heterocycles. The number of Topliss-reactive ketones (excluding diaryl/α,β-unsaturated/α-hetero) is 1. The van der Waals surface area contributed by atoms with Crippen LogP contribution in [-0.2, 0) is 25.9 Å². The highest BCUT2D eigenvalue weighted by Gasteiger charge is 2.20. The van der Waals surface area contributed by atoms with E-state index in [0.29, 0.717) is 12.2 Å². The van der Waals surface area contributed by atoms with Gasteiger partial charge in [0.2, 0.25) is 0 Å². The quantitative estimate of drug-likeness (QED) is 0.286. The Balaban J connectivity index is 1.05. The summed E-state index contributed by atoms with van der Waals surface area (Å²) >= 11 is 0. The Morgan fingerprint density at radius 2 is 1.55 bits per heavy atom. The van der Waals surface area contributed by atoms with Gasteiger partial charge in [0.25, 0.3) is 0 Å². The van der Waals surface area contributed by atoms with Crippen LogP contribution in [0.2, 0.25) is 0 Å². The summed E-state index contributed by atoms with van der Waals surface area (Å²) in [5, 5.41) is 0. The molecule has 0 spiro atoms. The maximum atomic E-state index is 13.1. The second-order valence-electron chi connectivity index (χ2n) is 11.7. The molecule has 200 valence electrons. The first kappa shape index (κ1) is 26.8. The molecule has 0 N–H and O–H groups in total. The number of hydrogen-bond donors (Lipinski definition) is 0. The van der Waals surface area contributed by atoms with Gasteiger partial charge in [0, 0.05) is 38.2 Å². The van der Waals surface area contributed by atoms with E-state index >= 15 is 0 Å². The molecule has 1 saturated heterocycles. The molecule has 0 aliphatic carbocycles. The maximum Gasteiger partial charge on any atom is 0.162 e. The van der Waals surface area contributed by atoms with Crippen molar-refractivity contribution < 1.29 is 4.79 Å². The molecule has 0 unspecified atom stereocenters. The van der Waals surface area contributed by atoms with Crippen LogP contribution in [0.1, 0.15) is 75.8 Å². The van der Waals surface area contributed by atoms with Gasteiger partial charge in [-0.3, -0.25) is 14.6 Å². The molecule has 3 nitrogen and oxygen atoms in total. The molecule has 3 aromatic carbocycles. The zero-order valence-electron chi connectivity index (χ0n) is 23.4. The molecular formula is C35H44N2O. The lowest BCUT2D eigenvalue weighted by atomic mass is 9.90. The molecule has 3 heteroatoms. The number of piperidine rings is 1. The fourth-order valence-electron chi connectivity index (χ4n) is 6.33. The second kappa shape index (κ2) is 12.9. The molecule has 38 heavy (non-hydrogen) atoms. The van der Waals surface area contributed by atoms with Crippen molar-refractivity contribution in [1.82, 2.24) is 9.80 Å². The third-order valence-corrected chi connectivity index (χ3v) is 8.79. The molecule has 0 aromatic heterocycles. The Morgan fingerprint density at radius 1 is 0.789 bits per heavy atom. The highest BCUT2D eigenvalue weighted by Crippen LogP contribution is 2.25. The van der Waals surface area contributed by atoms with E-state index < -0.39 is 0 Å². The standard InChI is InChI=1S/C35H44N2O/c1-27-7-5-10-30(23-27)25-36-19-15-29(16-20-36)9-6-12-35(38)33-14-13-31-17-21-37(22-18-32(31)24-33)26-34-11-4-3-8-28(34)2/h3-5,7-8,10-11,13-14,23-24,29H,6,9,12,15-22,25-26H2,1-2H3. The Labute approximate surface area is 229 Å². The van der Waals surface area contributed by atoms with E-state index in [1.807, 2.05) is 0 Å². The predicted octanol–water partition coefficient (Wildman–Crippen LogP) is 7.17. The molecule has 1 fully saturated rings. The monoisotopic (exact) mass is 508 g/mol. The molecule has 2 heterocycles. The van der Waals surface area contributed by atoms with E-state index in [1.54, 1.807) is 0 Å². The van der Waals surface area contributed by atoms with Crippen LogP contribution in [0, 0.1) is 19.8 Å². The third kappa shape index (κ3) is 7.21.